The maximum atomic E-state index is 12.6. The van der Waals surface area contributed by atoms with Gasteiger partial charge in [0, 0.05) is 25.5 Å². The fourth-order valence-electron chi connectivity index (χ4n) is 3.40. The highest BCUT2D eigenvalue weighted by atomic mass is 16.5. The molecule has 25 heavy (non-hydrogen) atoms. The monoisotopic (exact) mass is 349 g/mol. The molecule has 8 heteroatoms. The number of piperazine rings is 1. The third kappa shape index (κ3) is 3.67. The van der Waals surface area contributed by atoms with Crippen LogP contribution in [0.4, 0.5) is 0 Å². The molecule has 1 aromatic heterocycles. The van der Waals surface area contributed by atoms with Gasteiger partial charge in [0.2, 0.25) is 11.8 Å². The number of fused-ring (bicyclic) bond motifs is 1. The van der Waals surface area contributed by atoms with Gasteiger partial charge in [-0.1, -0.05) is 5.16 Å². The Bertz CT molecular complexity index is 678. The van der Waals surface area contributed by atoms with Crippen LogP contribution in [0.1, 0.15) is 56.9 Å². The number of carboxylic acids is 1. The number of aliphatic carboxylic acids is 1. The molecule has 8 nitrogen and oxygen atoms in total. The van der Waals surface area contributed by atoms with E-state index in [4.69, 9.17) is 14.4 Å². The van der Waals surface area contributed by atoms with Crippen LogP contribution in [0.25, 0.3) is 0 Å². The van der Waals surface area contributed by atoms with Gasteiger partial charge in [-0.25, -0.2) is 0 Å². The topological polar surface area (TPSA) is 104 Å². The summed E-state index contributed by atoms with van der Waals surface area (Å²) in [6, 6.07) is 1.26. The van der Waals surface area contributed by atoms with Crippen molar-refractivity contribution in [2.45, 2.75) is 64.1 Å². The lowest BCUT2D eigenvalue weighted by atomic mass is 10.1. The minimum atomic E-state index is -0.833. The smallest absolute Gasteiger partial charge is 0.300 e. The summed E-state index contributed by atoms with van der Waals surface area (Å²) in [6.45, 7) is 3.96. The molecule has 136 valence electrons. The Kier molecular flexibility index (Phi) is 4.78. The summed E-state index contributed by atoms with van der Waals surface area (Å²) < 4.78 is 5.33. The van der Waals surface area contributed by atoms with Crippen LogP contribution in [0.3, 0.4) is 0 Å². The molecule has 0 spiro atoms. The van der Waals surface area contributed by atoms with E-state index in [1.165, 1.54) is 0 Å². The molecule has 3 heterocycles. The highest BCUT2D eigenvalue weighted by Gasteiger charge is 2.46. The molecule has 1 aromatic rings. The third-order valence-corrected chi connectivity index (χ3v) is 4.82. The van der Waals surface area contributed by atoms with E-state index in [1.807, 2.05) is 6.07 Å². The first-order chi connectivity index (χ1) is 11.9. The van der Waals surface area contributed by atoms with Crippen molar-refractivity contribution in [1.82, 2.24) is 15.0 Å². The molecule has 1 N–H and O–H groups in total. The lowest BCUT2D eigenvalue weighted by Crippen LogP contribution is -2.61. The number of hydrogen-bond acceptors (Lipinski definition) is 5. The van der Waals surface area contributed by atoms with Gasteiger partial charge in [-0.05, 0) is 32.6 Å². The van der Waals surface area contributed by atoms with Crippen molar-refractivity contribution in [2.24, 2.45) is 0 Å². The van der Waals surface area contributed by atoms with Crippen LogP contribution >= 0.6 is 0 Å². The molecule has 2 saturated heterocycles. The number of aromatic nitrogens is 1. The summed E-state index contributed by atoms with van der Waals surface area (Å²) in [5.41, 5.74) is 0.747. The Morgan fingerprint density at radius 2 is 2.00 bits per heavy atom. The zero-order valence-electron chi connectivity index (χ0n) is 14.5. The normalized spacial score (nSPS) is 25.5. The highest BCUT2D eigenvalue weighted by molar-refractivity contribution is 5.97. The quantitative estimate of drug-likeness (QED) is 0.884. The molecule has 3 fully saturated rings. The SMILES string of the molecule is CC(=O)O.C[C@H]1C(=O)N2CCC[C@H]2C(=O)N1Cc1cc(C2CC2)on1. The number of rotatable bonds is 3. The maximum absolute atomic E-state index is 12.6. The van der Waals surface area contributed by atoms with Crippen LogP contribution in [-0.2, 0) is 20.9 Å². The third-order valence-electron chi connectivity index (χ3n) is 4.82. The summed E-state index contributed by atoms with van der Waals surface area (Å²) in [5.74, 6) is 0.696. The van der Waals surface area contributed by atoms with Crippen LogP contribution in [0.15, 0.2) is 10.6 Å². The van der Waals surface area contributed by atoms with Crippen molar-refractivity contribution in [3.8, 4) is 0 Å². The molecule has 3 aliphatic rings. The molecule has 0 radical (unpaired) electrons. The minimum Gasteiger partial charge on any atom is -0.481 e. The summed E-state index contributed by atoms with van der Waals surface area (Å²) in [7, 11) is 0. The molecule has 0 bridgehead atoms. The van der Waals surface area contributed by atoms with Crippen LogP contribution < -0.4 is 0 Å². The van der Waals surface area contributed by atoms with Gasteiger partial charge in [-0.2, -0.15) is 0 Å². The van der Waals surface area contributed by atoms with E-state index < -0.39 is 12.0 Å². The van der Waals surface area contributed by atoms with Crippen molar-refractivity contribution in [3.63, 3.8) is 0 Å². The molecular weight excluding hydrogens is 326 g/mol. The Morgan fingerprint density at radius 1 is 1.32 bits per heavy atom. The van der Waals surface area contributed by atoms with Gasteiger partial charge in [-0.15, -0.1) is 0 Å². The molecule has 2 aliphatic heterocycles. The van der Waals surface area contributed by atoms with Crippen molar-refractivity contribution in [1.29, 1.82) is 0 Å². The van der Waals surface area contributed by atoms with Gasteiger partial charge in [0.05, 0.1) is 6.54 Å². The van der Waals surface area contributed by atoms with Gasteiger partial charge in [0.1, 0.15) is 23.5 Å². The maximum Gasteiger partial charge on any atom is 0.300 e. The van der Waals surface area contributed by atoms with Gasteiger partial charge < -0.3 is 19.4 Å². The van der Waals surface area contributed by atoms with Crippen molar-refractivity contribution in [3.05, 3.63) is 17.5 Å². The largest absolute Gasteiger partial charge is 0.481 e. The molecule has 0 aromatic carbocycles. The van der Waals surface area contributed by atoms with Gasteiger partial charge in [0.25, 0.3) is 5.97 Å². The standard InChI is InChI=1S/C15H19N3O3.C2H4O2/c1-9-14(19)17-6-2-3-12(17)15(20)18(9)8-11-7-13(21-16-11)10-4-5-10;1-2(3)4/h7,9-10,12H,2-6,8H2,1H3;1H3,(H,3,4)/t9-,12-;/m0./s1. The second-order valence-corrected chi connectivity index (χ2v) is 6.85. The minimum absolute atomic E-state index is 0.0515. The molecule has 0 unspecified atom stereocenters. The van der Waals surface area contributed by atoms with Crippen molar-refractivity contribution < 1.29 is 24.0 Å². The molecule has 1 saturated carbocycles. The lowest BCUT2D eigenvalue weighted by Gasteiger charge is -2.40. The Hall–Kier alpha value is -2.38. The molecule has 4 rings (SSSR count). The fourth-order valence-corrected chi connectivity index (χ4v) is 3.40. The predicted molar refractivity (Wildman–Crippen MR) is 86.5 cm³/mol. The Morgan fingerprint density at radius 3 is 2.64 bits per heavy atom. The van der Waals surface area contributed by atoms with Crippen LogP contribution in [0.2, 0.25) is 0 Å². The van der Waals surface area contributed by atoms with Crippen molar-refractivity contribution in [2.75, 3.05) is 6.54 Å². The van der Waals surface area contributed by atoms with Gasteiger partial charge in [-0.3, -0.25) is 14.4 Å². The number of carbonyl (C=O) groups is 3. The molecule has 2 amide bonds. The molecular formula is C17H23N3O5. The van der Waals surface area contributed by atoms with E-state index in [0.29, 0.717) is 19.0 Å². The van der Waals surface area contributed by atoms with Crippen LogP contribution in [-0.4, -0.2) is 56.5 Å². The summed E-state index contributed by atoms with van der Waals surface area (Å²) >= 11 is 0. The summed E-state index contributed by atoms with van der Waals surface area (Å²) in [5, 5.41) is 11.5. The Balaban J connectivity index is 0.000000415. The zero-order valence-corrected chi connectivity index (χ0v) is 14.5. The predicted octanol–water partition coefficient (Wildman–Crippen LogP) is 1.36. The van der Waals surface area contributed by atoms with E-state index in [2.05, 4.69) is 5.16 Å². The second-order valence-electron chi connectivity index (χ2n) is 6.85. The molecule has 2 atom stereocenters. The average molecular weight is 349 g/mol. The zero-order chi connectivity index (χ0) is 18.1. The van der Waals surface area contributed by atoms with Crippen LogP contribution in [0.5, 0.6) is 0 Å². The first kappa shape index (κ1) is 17.4. The van der Waals surface area contributed by atoms with Gasteiger partial charge in [0.15, 0.2) is 0 Å². The lowest BCUT2D eigenvalue weighted by molar-refractivity contribution is -0.159. The summed E-state index contributed by atoms with van der Waals surface area (Å²) in [6.07, 6.45) is 4.00. The fraction of sp³-hybridized carbons (Fsp3) is 0.647. The Labute approximate surface area is 145 Å². The molecule has 1 aliphatic carbocycles. The highest BCUT2D eigenvalue weighted by Crippen LogP contribution is 2.40. The van der Waals surface area contributed by atoms with E-state index in [1.54, 1.807) is 16.7 Å². The van der Waals surface area contributed by atoms with Crippen LogP contribution in [0, 0.1) is 0 Å². The van der Waals surface area contributed by atoms with E-state index >= 15 is 0 Å². The number of hydrogen-bond donors (Lipinski definition) is 1. The first-order valence-corrected chi connectivity index (χ1v) is 8.64. The second kappa shape index (κ2) is 6.85. The first-order valence-electron chi connectivity index (χ1n) is 8.64. The number of carbonyl (C=O) groups excluding carboxylic acids is 2. The average Bonchev–Trinajstić information content (AvgIpc) is 3.10. The number of carboxylic acid groups (broad SMARTS) is 1. The number of nitrogens with zero attached hydrogens (tertiary/aromatic N) is 3. The van der Waals surface area contributed by atoms with Gasteiger partial charge >= 0.3 is 0 Å². The van der Waals surface area contributed by atoms with Crippen molar-refractivity contribution >= 4 is 17.8 Å². The van der Waals surface area contributed by atoms with E-state index in [-0.39, 0.29) is 17.9 Å². The summed E-state index contributed by atoms with van der Waals surface area (Å²) in [4.78, 5) is 37.4. The number of amides is 2. The van der Waals surface area contributed by atoms with E-state index in [9.17, 15) is 9.59 Å². The van der Waals surface area contributed by atoms with E-state index in [0.717, 1.165) is 44.1 Å².